The van der Waals surface area contributed by atoms with Gasteiger partial charge in [-0.3, -0.25) is 4.79 Å². The zero-order valence-electron chi connectivity index (χ0n) is 21.2. The maximum atomic E-state index is 12.7. The smallest absolute Gasteiger partial charge is 0.255 e. The van der Waals surface area contributed by atoms with Gasteiger partial charge in [-0.1, -0.05) is 32.9 Å². The van der Waals surface area contributed by atoms with E-state index in [9.17, 15) is 4.79 Å². The quantitative estimate of drug-likeness (QED) is 0.268. The second kappa shape index (κ2) is 10.5. The summed E-state index contributed by atoms with van der Waals surface area (Å²) in [6, 6.07) is 24.7. The SMILES string of the molecule is COc1ccc(Nc2cc(C)nc(Nc3ccc(NC(=O)c4ccc(C(C)(C)C)cc4)cc3)n2)cc1. The number of hydrogen-bond donors (Lipinski definition) is 3. The van der Waals surface area contributed by atoms with Gasteiger partial charge in [0.05, 0.1) is 7.11 Å². The predicted molar refractivity (Wildman–Crippen MR) is 146 cm³/mol. The van der Waals surface area contributed by atoms with Crippen LogP contribution in [0.3, 0.4) is 0 Å². The monoisotopic (exact) mass is 481 g/mol. The molecule has 0 aliphatic heterocycles. The molecule has 0 unspecified atom stereocenters. The first-order valence-corrected chi connectivity index (χ1v) is 11.8. The fraction of sp³-hybridized carbons (Fsp3) is 0.207. The predicted octanol–water partition coefficient (Wildman–Crippen LogP) is 6.83. The van der Waals surface area contributed by atoms with Gasteiger partial charge in [0, 0.05) is 34.4 Å². The summed E-state index contributed by atoms with van der Waals surface area (Å²) in [5.41, 5.74) is 5.09. The minimum absolute atomic E-state index is 0.0470. The standard InChI is InChI=1S/C29H31N5O2/c1-19-18-26(31-22-14-16-25(36-5)17-15-22)34-28(30-19)33-24-12-10-23(11-13-24)32-27(35)20-6-8-21(9-7-20)29(2,3)4/h6-18H,1-5H3,(H,32,35)(H2,30,31,33,34). The number of benzene rings is 3. The molecule has 3 aromatic carbocycles. The number of amides is 1. The van der Waals surface area contributed by atoms with Crippen LogP contribution >= 0.6 is 0 Å². The van der Waals surface area contributed by atoms with E-state index in [4.69, 9.17) is 4.74 Å². The summed E-state index contributed by atoms with van der Waals surface area (Å²) in [4.78, 5) is 21.7. The third kappa shape index (κ3) is 6.39. The first kappa shape index (κ1) is 24.7. The largest absolute Gasteiger partial charge is 0.497 e. The maximum Gasteiger partial charge on any atom is 0.255 e. The lowest BCUT2D eigenvalue weighted by molar-refractivity contribution is 0.102. The molecule has 1 amide bonds. The molecule has 7 nitrogen and oxygen atoms in total. The molecular weight excluding hydrogens is 450 g/mol. The van der Waals surface area contributed by atoms with Crippen LogP contribution in [0.5, 0.6) is 5.75 Å². The van der Waals surface area contributed by atoms with Crippen LogP contribution in [-0.4, -0.2) is 23.0 Å². The molecule has 0 fully saturated rings. The third-order valence-corrected chi connectivity index (χ3v) is 5.63. The Bertz CT molecular complexity index is 1330. The molecule has 7 heteroatoms. The van der Waals surface area contributed by atoms with E-state index >= 15 is 0 Å². The Labute approximate surface area is 212 Å². The van der Waals surface area contributed by atoms with E-state index in [1.54, 1.807) is 7.11 Å². The third-order valence-electron chi connectivity index (χ3n) is 5.63. The number of aryl methyl sites for hydroxylation is 1. The highest BCUT2D eigenvalue weighted by Crippen LogP contribution is 2.24. The van der Waals surface area contributed by atoms with E-state index in [0.717, 1.165) is 22.8 Å². The highest BCUT2D eigenvalue weighted by atomic mass is 16.5. The van der Waals surface area contributed by atoms with Crippen molar-refractivity contribution in [3.8, 4) is 5.75 Å². The highest BCUT2D eigenvalue weighted by Gasteiger charge is 2.14. The number of hydrogen-bond acceptors (Lipinski definition) is 6. The molecule has 0 radical (unpaired) electrons. The van der Waals surface area contributed by atoms with Crippen LogP contribution in [0, 0.1) is 6.92 Å². The Kier molecular flexibility index (Phi) is 7.20. The van der Waals surface area contributed by atoms with Crippen molar-refractivity contribution in [2.75, 3.05) is 23.1 Å². The summed E-state index contributed by atoms with van der Waals surface area (Å²) in [5.74, 6) is 1.80. The van der Waals surface area contributed by atoms with E-state index in [2.05, 4.69) is 46.7 Å². The number of ether oxygens (including phenoxy) is 1. The lowest BCUT2D eigenvalue weighted by atomic mass is 9.87. The molecule has 0 saturated heterocycles. The summed E-state index contributed by atoms with van der Waals surface area (Å²) in [6.45, 7) is 8.37. The van der Waals surface area contributed by atoms with Crippen molar-refractivity contribution in [3.05, 3.63) is 95.7 Å². The normalized spacial score (nSPS) is 11.0. The summed E-state index contributed by atoms with van der Waals surface area (Å²) in [5, 5.41) is 9.46. The molecule has 0 spiro atoms. The van der Waals surface area contributed by atoms with Gasteiger partial charge in [-0.25, -0.2) is 4.98 Å². The topological polar surface area (TPSA) is 88.2 Å². The lowest BCUT2D eigenvalue weighted by Gasteiger charge is -2.19. The van der Waals surface area contributed by atoms with Gasteiger partial charge in [-0.15, -0.1) is 0 Å². The number of carbonyl (C=O) groups excluding carboxylic acids is 1. The van der Waals surface area contributed by atoms with Crippen LogP contribution in [0.1, 0.15) is 42.4 Å². The average molecular weight is 482 g/mol. The molecule has 0 saturated carbocycles. The van der Waals surface area contributed by atoms with Crippen molar-refractivity contribution in [2.24, 2.45) is 0 Å². The molecule has 184 valence electrons. The van der Waals surface area contributed by atoms with Gasteiger partial charge in [0.15, 0.2) is 0 Å². The number of anilines is 5. The number of nitrogens with zero attached hydrogens (tertiary/aromatic N) is 2. The summed E-state index contributed by atoms with van der Waals surface area (Å²) in [6.07, 6.45) is 0. The Hall–Kier alpha value is -4.39. The van der Waals surface area contributed by atoms with Gasteiger partial charge in [-0.2, -0.15) is 4.98 Å². The van der Waals surface area contributed by atoms with E-state index in [1.807, 2.05) is 85.8 Å². The fourth-order valence-electron chi connectivity index (χ4n) is 3.60. The maximum absolute atomic E-state index is 12.7. The van der Waals surface area contributed by atoms with Gasteiger partial charge >= 0.3 is 0 Å². The van der Waals surface area contributed by atoms with Gasteiger partial charge in [0.2, 0.25) is 5.95 Å². The molecular formula is C29H31N5O2. The van der Waals surface area contributed by atoms with Crippen LogP contribution in [0.25, 0.3) is 0 Å². The van der Waals surface area contributed by atoms with E-state index in [1.165, 1.54) is 5.56 Å². The Morgan fingerprint density at radius 2 is 1.36 bits per heavy atom. The average Bonchev–Trinajstić information content (AvgIpc) is 2.85. The molecule has 1 heterocycles. The summed E-state index contributed by atoms with van der Waals surface area (Å²) < 4.78 is 5.20. The van der Waals surface area contributed by atoms with Crippen LogP contribution in [0.4, 0.5) is 28.8 Å². The van der Waals surface area contributed by atoms with Crippen LogP contribution in [0.2, 0.25) is 0 Å². The van der Waals surface area contributed by atoms with E-state index < -0.39 is 0 Å². The van der Waals surface area contributed by atoms with Crippen molar-refractivity contribution in [1.29, 1.82) is 0 Å². The van der Waals surface area contributed by atoms with Gasteiger partial charge in [0.1, 0.15) is 11.6 Å². The van der Waals surface area contributed by atoms with Crippen molar-refractivity contribution in [2.45, 2.75) is 33.1 Å². The minimum Gasteiger partial charge on any atom is -0.497 e. The summed E-state index contributed by atoms with van der Waals surface area (Å²) >= 11 is 0. The van der Waals surface area contributed by atoms with Gasteiger partial charge in [0.25, 0.3) is 5.91 Å². The molecule has 0 aliphatic rings. The van der Waals surface area contributed by atoms with Gasteiger partial charge in [-0.05, 0) is 78.6 Å². The molecule has 4 aromatic rings. The number of nitrogens with one attached hydrogen (secondary N) is 3. The lowest BCUT2D eigenvalue weighted by Crippen LogP contribution is -2.14. The van der Waals surface area contributed by atoms with Crippen molar-refractivity contribution in [1.82, 2.24) is 9.97 Å². The fourth-order valence-corrected chi connectivity index (χ4v) is 3.60. The highest BCUT2D eigenvalue weighted by molar-refractivity contribution is 6.04. The van der Waals surface area contributed by atoms with Crippen molar-refractivity contribution >= 4 is 34.7 Å². The number of aromatic nitrogens is 2. The van der Waals surface area contributed by atoms with E-state index in [-0.39, 0.29) is 11.3 Å². The second-order valence-corrected chi connectivity index (χ2v) is 9.56. The van der Waals surface area contributed by atoms with Crippen LogP contribution in [0.15, 0.2) is 78.9 Å². The molecule has 1 aromatic heterocycles. The number of carbonyl (C=O) groups is 1. The van der Waals surface area contributed by atoms with Crippen molar-refractivity contribution in [3.63, 3.8) is 0 Å². The van der Waals surface area contributed by atoms with Crippen LogP contribution < -0.4 is 20.7 Å². The Morgan fingerprint density at radius 1 is 0.778 bits per heavy atom. The summed E-state index contributed by atoms with van der Waals surface area (Å²) in [7, 11) is 1.64. The van der Waals surface area contributed by atoms with Gasteiger partial charge < -0.3 is 20.7 Å². The number of methoxy groups -OCH3 is 1. The molecule has 3 N–H and O–H groups in total. The van der Waals surface area contributed by atoms with E-state index in [0.29, 0.717) is 23.0 Å². The van der Waals surface area contributed by atoms with Crippen LogP contribution in [-0.2, 0) is 5.41 Å². The molecule has 0 aliphatic carbocycles. The molecule has 0 atom stereocenters. The first-order valence-electron chi connectivity index (χ1n) is 11.8. The zero-order valence-corrected chi connectivity index (χ0v) is 21.2. The molecule has 4 rings (SSSR count). The molecule has 0 bridgehead atoms. The second-order valence-electron chi connectivity index (χ2n) is 9.56. The zero-order chi connectivity index (χ0) is 25.7. The van der Waals surface area contributed by atoms with Crippen molar-refractivity contribution < 1.29 is 9.53 Å². The first-order chi connectivity index (χ1) is 17.2. The molecule has 36 heavy (non-hydrogen) atoms. The Balaban J connectivity index is 1.40. The number of rotatable bonds is 7. The Morgan fingerprint density at radius 3 is 1.97 bits per heavy atom. The minimum atomic E-state index is -0.146.